The summed E-state index contributed by atoms with van der Waals surface area (Å²) >= 11 is 1.51. The number of benzene rings is 1. The van der Waals surface area contributed by atoms with Gasteiger partial charge >= 0.3 is 5.97 Å². The van der Waals surface area contributed by atoms with Gasteiger partial charge in [0.25, 0.3) is 0 Å². The highest BCUT2D eigenvalue weighted by Gasteiger charge is 2.20. The van der Waals surface area contributed by atoms with E-state index in [1.807, 2.05) is 42.6 Å². The van der Waals surface area contributed by atoms with Gasteiger partial charge in [0.1, 0.15) is 6.04 Å². The van der Waals surface area contributed by atoms with Crippen molar-refractivity contribution in [2.45, 2.75) is 32.2 Å². The van der Waals surface area contributed by atoms with Crippen molar-refractivity contribution in [3.63, 3.8) is 0 Å². The van der Waals surface area contributed by atoms with Crippen LogP contribution < -0.4 is 5.32 Å². The van der Waals surface area contributed by atoms with Crippen molar-refractivity contribution in [1.82, 2.24) is 10.3 Å². The summed E-state index contributed by atoms with van der Waals surface area (Å²) in [6.07, 6.45) is 1.05. The number of aliphatic carboxylic acids is 1. The first-order valence-corrected chi connectivity index (χ1v) is 7.89. The summed E-state index contributed by atoms with van der Waals surface area (Å²) in [5.41, 5.74) is 1.82. The van der Waals surface area contributed by atoms with E-state index < -0.39 is 12.0 Å². The van der Waals surface area contributed by atoms with Gasteiger partial charge in [0, 0.05) is 30.3 Å². The topological polar surface area (TPSA) is 79.3 Å². The number of rotatable bonds is 7. The molecule has 116 valence electrons. The smallest absolute Gasteiger partial charge is 0.326 e. The van der Waals surface area contributed by atoms with Crippen molar-refractivity contribution < 1.29 is 14.7 Å². The Balaban J connectivity index is 1.87. The third kappa shape index (κ3) is 4.96. The first-order valence-electron chi connectivity index (χ1n) is 7.01. The van der Waals surface area contributed by atoms with Crippen molar-refractivity contribution in [2.24, 2.45) is 0 Å². The van der Waals surface area contributed by atoms with Gasteiger partial charge < -0.3 is 10.4 Å². The Hall–Kier alpha value is -2.21. The number of thiazole rings is 1. The van der Waals surface area contributed by atoms with Crippen LogP contribution in [0.15, 0.2) is 35.7 Å². The molecule has 0 aliphatic heterocycles. The maximum absolute atomic E-state index is 11.9. The van der Waals surface area contributed by atoms with Gasteiger partial charge in [-0.1, -0.05) is 30.3 Å². The molecule has 0 spiro atoms. The maximum Gasteiger partial charge on any atom is 0.326 e. The summed E-state index contributed by atoms with van der Waals surface area (Å²) < 4.78 is 0. The van der Waals surface area contributed by atoms with Crippen LogP contribution in [0.25, 0.3) is 0 Å². The van der Waals surface area contributed by atoms with Gasteiger partial charge in [0.15, 0.2) is 0 Å². The largest absolute Gasteiger partial charge is 0.480 e. The van der Waals surface area contributed by atoms with E-state index >= 15 is 0 Å². The number of carbonyl (C=O) groups is 2. The van der Waals surface area contributed by atoms with Crippen molar-refractivity contribution in [1.29, 1.82) is 0 Å². The highest BCUT2D eigenvalue weighted by Crippen LogP contribution is 2.11. The number of nitrogens with zero attached hydrogens (tertiary/aromatic N) is 1. The molecule has 0 radical (unpaired) electrons. The third-order valence-electron chi connectivity index (χ3n) is 3.15. The molecule has 0 unspecified atom stereocenters. The van der Waals surface area contributed by atoms with Gasteiger partial charge in [-0.25, -0.2) is 9.78 Å². The normalized spacial score (nSPS) is 11.9. The highest BCUT2D eigenvalue weighted by molar-refractivity contribution is 7.09. The van der Waals surface area contributed by atoms with Crippen molar-refractivity contribution >= 4 is 23.2 Å². The summed E-state index contributed by atoms with van der Waals surface area (Å²) in [7, 11) is 0. The van der Waals surface area contributed by atoms with Crippen LogP contribution in [0.5, 0.6) is 0 Å². The average Bonchev–Trinajstić information content (AvgIpc) is 2.91. The number of nitrogens with one attached hydrogen (secondary N) is 1. The van der Waals surface area contributed by atoms with Gasteiger partial charge in [-0.15, -0.1) is 11.3 Å². The summed E-state index contributed by atoms with van der Waals surface area (Å²) in [5.74, 6) is -1.29. The highest BCUT2D eigenvalue weighted by atomic mass is 32.1. The van der Waals surface area contributed by atoms with Gasteiger partial charge in [0.2, 0.25) is 5.91 Å². The lowest BCUT2D eigenvalue weighted by molar-refractivity contribution is -0.141. The molecule has 0 bridgehead atoms. The number of hydrogen-bond acceptors (Lipinski definition) is 4. The van der Waals surface area contributed by atoms with Crippen LogP contribution in [0.2, 0.25) is 0 Å². The molecule has 1 amide bonds. The van der Waals surface area contributed by atoms with E-state index in [4.69, 9.17) is 0 Å². The summed E-state index contributed by atoms with van der Waals surface area (Å²) in [4.78, 5) is 27.5. The summed E-state index contributed by atoms with van der Waals surface area (Å²) in [6.45, 7) is 1.90. The molecule has 0 aliphatic rings. The van der Waals surface area contributed by atoms with Crippen LogP contribution >= 0.6 is 11.3 Å². The van der Waals surface area contributed by atoms with E-state index in [1.165, 1.54) is 11.3 Å². The van der Waals surface area contributed by atoms with E-state index in [1.54, 1.807) is 0 Å². The molecule has 1 aromatic heterocycles. The maximum atomic E-state index is 11.9. The molecule has 6 heteroatoms. The summed E-state index contributed by atoms with van der Waals surface area (Å²) in [5, 5.41) is 14.7. The fourth-order valence-electron chi connectivity index (χ4n) is 2.05. The number of carboxylic acids is 1. The second-order valence-electron chi connectivity index (χ2n) is 5.03. The lowest BCUT2D eigenvalue weighted by Gasteiger charge is -2.14. The number of aryl methyl sites for hydroxylation is 2. The zero-order chi connectivity index (χ0) is 15.9. The predicted octanol–water partition coefficient (Wildman–Crippen LogP) is 2.20. The quantitative estimate of drug-likeness (QED) is 0.820. The third-order valence-corrected chi connectivity index (χ3v) is 4.17. The van der Waals surface area contributed by atoms with E-state index in [0.717, 1.165) is 16.3 Å². The standard InChI is InChI=1S/C16H18N2O3S/c1-11-10-22-15(17-11)8-7-14(19)18-13(16(20)21)9-12-5-3-2-4-6-12/h2-6,10,13H,7-9H2,1H3,(H,18,19)(H,20,21)/t13-/m0/s1. The lowest BCUT2D eigenvalue weighted by Crippen LogP contribution is -2.42. The molecule has 1 aromatic carbocycles. The predicted molar refractivity (Wildman–Crippen MR) is 84.9 cm³/mol. The molecule has 5 nitrogen and oxygen atoms in total. The summed E-state index contributed by atoms with van der Waals surface area (Å²) in [6, 6.07) is 8.35. The van der Waals surface area contributed by atoms with E-state index in [9.17, 15) is 14.7 Å². The second kappa shape index (κ2) is 7.70. The minimum absolute atomic E-state index is 0.242. The Morgan fingerprint density at radius 1 is 1.32 bits per heavy atom. The number of aromatic nitrogens is 1. The molecule has 1 atom stereocenters. The monoisotopic (exact) mass is 318 g/mol. The van der Waals surface area contributed by atoms with Crippen LogP contribution in [-0.2, 0) is 22.4 Å². The first-order chi connectivity index (χ1) is 10.5. The molecule has 22 heavy (non-hydrogen) atoms. The van der Waals surface area contributed by atoms with Crippen LogP contribution in [-0.4, -0.2) is 28.0 Å². The Morgan fingerprint density at radius 3 is 2.64 bits per heavy atom. The molecule has 2 rings (SSSR count). The molecule has 2 aromatic rings. The Morgan fingerprint density at radius 2 is 2.05 bits per heavy atom. The Bertz CT molecular complexity index is 640. The number of amides is 1. The zero-order valence-electron chi connectivity index (χ0n) is 12.3. The van der Waals surface area contributed by atoms with Crippen LogP contribution in [0, 0.1) is 6.92 Å². The van der Waals surface area contributed by atoms with Crippen molar-refractivity contribution in [3.8, 4) is 0 Å². The van der Waals surface area contributed by atoms with E-state index in [0.29, 0.717) is 6.42 Å². The first kappa shape index (κ1) is 16.2. The van der Waals surface area contributed by atoms with E-state index in [2.05, 4.69) is 10.3 Å². The molecule has 2 N–H and O–H groups in total. The van der Waals surface area contributed by atoms with E-state index in [-0.39, 0.29) is 18.7 Å². The molecular formula is C16H18N2O3S. The number of carboxylic acid groups (broad SMARTS) is 1. The van der Waals surface area contributed by atoms with Crippen LogP contribution in [0.3, 0.4) is 0 Å². The number of hydrogen-bond donors (Lipinski definition) is 2. The van der Waals surface area contributed by atoms with Crippen LogP contribution in [0.4, 0.5) is 0 Å². The molecule has 0 aliphatic carbocycles. The van der Waals surface area contributed by atoms with Crippen molar-refractivity contribution in [3.05, 3.63) is 52.0 Å². The Kier molecular flexibility index (Phi) is 5.66. The minimum Gasteiger partial charge on any atom is -0.480 e. The van der Waals surface area contributed by atoms with Gasteiger partial charge in [0.05, 0.1) is 5.01 Å². The van der Waals surface area contributed by atoms with Gasteiger partial charge in [-0.3, -0.25) is 4.79 Å². The van der Waals surface area contributed by atoms with Crippen molar-refractivity contribution in [2.75, 3.05) is 0 Å². The molecule has 0 saturated carbocycles. The average molecular weight is 318 g/mol. The SMILES string of the molecule is Cc1csc(CCC(=O)N[C@@H](Cc2ccccc2)C(=O)O)n1. The fraction of sp³-hybridized carbons (Fsp3) is 0.312. The zero-order valence-corrected chi connectivity index (χ0v) is 13.1. The second-order valence-corrected chi connectivity index (χ2v) is 5.97. The van der Waals surface area contributed by atoms with Gasteiger partial charge in [-0.2, -0.15) is 0 Å². The molecule has 0 saturated heterocycles. The van der Waals surface area contributed by atoms with Crippen LogP contribution in [0.1, 0.15) is 22.7 Å². The van der Waals surface area contributed by atoms with Gasteiger partial charge in [-0.05, 0) is 12.5 Å². The minimum atomic E-state index is -1.03. The molecule has 1 heterocycles. The fourth-order valence-corrected chi connectivity index (χ4v) is 2.83. The Labute approximate surface area is 133 Å². The lowest BCUT2D eigenvalue weighted by atomic mass is 10.1. The number of carbonyl (C=O) groups excluding carboxylic acids is 1. The molecular weight excluding hydrogens is 300 g/mol. The molecule has 0 fully saturated rings.